The first-order valence-corrected chi connectivity index (χ1v) is 9.04. The number of hydrogen-bond donors (Lipinski definition) is 2. The summed E-state index contributed by atoms with van der Waals surface area (Å²) in [4.78, 5) is 27.5. The van der Waals surface area contributed by atoms with Crippen molar-refractivity contribution in [3.05, 3.63) is 29.3 Å². The van der Waals surface area contributed by atoms with Crippen LogP contribution in [0.3, 0.4) is 0 Å². The number of carboxylic acid groups (broad SMARTS) is 1. The Hall–Kier alpha value is -1.34. The van der Waals surface area contributed by atoms with E-state index < -0.39 is 5.97 Å². The number of piperidine rings is 1. The normalized spacial score (nSPS) is 16.8. The predicted octanol–water partition coefficient (Wildman–Crippen LogP) is 2.96. The quantitative estimate of drug-likeness (QED) is 0.731. The van der Waals surface area contributed by atoms with Gasteiger partial charge in [-0.25, -0.2) is 0 Å². The molecule has 1 saturated heterocycles. The standard InChI is InChI=1S/C18H26ClN3O3.ClH/c1-3-21(12-17(23)24)16-8-10-22(11-9-16)13(2)18(25)20-15-6-4-14(19)5-7-15;/h4-7,13,16H,3,8-12H2,1-2H3,(H,20,25)(H,23,24);1H. The van der Waals surface area contributed by atoms with Crippen molar-refractivity contribution < 1.29 is 14.7 Å². The summed E-state index contributed by atoms with van der Waals surface area (Å²) in [7, 11) is 0. The van der Waals surface area contributed by atoms with Crippen molar-refractivity contribution in [1.82, 2.24) is 9.80 Å². The molecule has 0 spiro atoms. The van der Waals surface area contributed by atoms with Crippen LogP contribution in [0.15, 0.2) is 24.3 Å². The lowest BCUT2D eigenvalue weighted by atomic mass is 10.0. The van der Waals surface area contributed by atoms with Gasteiger partial charge in [-0.05, 0) is 50.6 Å². The van der Waals surface area contributed by atoms with E-state index in [9.17, 15) is 9.59 Å². The van der Waals surface area contributed by atoms with Gasteiger partial charge in [0.05, 0.1) is 12.6 Å². The van der Waals surface area contributed by atoms with Crippen LogP contribution in [-0.2, 0) is 9.59 Å². The third-order valence-electron chi connectivity index (χ3n) is 4.80. The molecule has 0 aromatic heterocycles. The van der Waals surface area contributed by atoms with Crippen LogP contribution in [0, 0.1) is 0 Å². The molecule has 1 aromatic carbocycles. The van der Waals surface area contributed by atoms with Gasteiger partial charge in [0.2, 0.25) is 5.91 Å². The van der Waals surface area contributed by atoms with Crippen molar-refractivity contribution in [2.45, 2.75) is 38.8 Å². The van der Waals surface area contributed by atoms with E-state index in [2.05, 4.69) is 10.2 Å². The zero-order valence-electron chi connectivity index (χ0n) is 15.2. The summed E-state index contributed by atoms with van der Waals surface area (Å²) >= 11 is 5.85. The molecule has 26 heavy (non-hydrogen) atoms. The number of amides is 1. The molecule has 8 heteroatoms. The first kappa shape index (κ1) is 22.7. The Kier molecular flexibility index (Phi) is 9.36. The highest BCUT2D eigenvalue weighted by Gasteiger charge is 2.29. The lowest BCUT2D eigenvalue weighted by molar-refractivity contribution is -0.139. The van der Waals surface area contributed by atoms with Gasteiger partial charge in [-0.3, -0.25) is 19.4 Å². The Morgan fingerprint density at radius 2 is 1.88 bits per heavy atom. The molecule has 146 valence electrons. The monoisotopic (exact) mass is 403 g/mol. The minimum atomic E-state index is -0.792. The Balaban J connectivity index is 0.00000338. The number of carbonyl (C=O) groups excluding carboxylic acids is 1. The zero-order valence-corrected chi connectivity index (χ0v) is 16.7. The molecule has 1 fully saturated rings. The molecule has 0 aliphatic carbocycles. The smallest absolute Gasteiger partial charge is 0.317 e. The Labute approximate surface area is 165 Å². The second kappa shape index (κ2) is 10.7. The van der Waals surface area contributed by atoms with Crippen molar-refractivity contribution in [2.24, 2.45) is 0 Å². The second-order valence-corrected chi connectivity index (χ2v) is 6.83. The molecule has 1 aromatic rings. The molecular weight excluding hydrogens is 377 g/mol. The van der Waals surface area contributed by atoms with Crippen molar-refractivity contribution in [3.63, 3.8) is 0 Å². The largest absolute Gasteiger partial charge is 0.480 e. The van der Waals surface area contributed by atoms with Gasteiger partial charge in [-0.15, -0.1) is 12.4 Å². The fourth-order valence-electron chi connectivity index (χ4n) is 3.26. The van der Waals surface area contributed by atoms with Crippen LogP contribution in [0.1, 0.15) is 26.7 Å². The summed E-state index contributed by atoms with van der Waals surface area (Å²) in [5.41, 5.74) is 0.731. The highest BCUT2D eigenvalue weighted by Crippen LogP contribution is 2.19. The maximum Gasteiger partial charge on any atom is 0.317 e. The van der Waals surface area contributed by atoms with Gasteiger partial charge in [-0.2, -0.15) is 0 Å². The highest BCUT2D eigenvalue weighted by atomic mass is 35.5. The summed E-state index contributed by atoms with van der Waals surface area (Å²) in [5, 5.41) is 12.5. The van der Waals surface area contributed by atoms with Crippen LogP contribution in [0.4, 0.5) is 5.69 Å². The predicted molar refractivity (Wildman–Crippen MR) is 106 cm³/mol. The summed E-state index contributed by atoms with van der Waals surface area (Å²) < 4.78 is 0. The molecule has 6 nitrogen and oxygen atoms in total. The number of rotatable bonds is 7. The van der Waals surface area contributed by atoms with E-state index in [1.54, 1.807) is 24.3 Å². The molecule has 0 saturated carbocycles. The van der Waals surface area contributed by atoms with Gasteiger partial charge in [0, 0.05) is 29.8 Å². The van der Waals surface area contributed by atoms with E-state index in [-0.39, 0.29) is 36.9 Å². The van der Waals surface area contributed by atoms with Crippen LogP contribution < -0.4 is 5.32 Å². The number of carbonyl (C=O) groups is 2. The Bertz CT molecular complexity index is 590. The number of carboxylic acids is 1. The molecule has 2 rings (SSSR count). The fourth-order valence-corrected chi connectivity index (χ4v) is 3.38. The maximum absolute atomic E-state index is 12.4. The van der Waals surface area contributed by atoms with Crippen molar-refractivity contribution in [2.75, 3.05) is 31.5 Å². The lowest BCUT2D eigenvalue weighted by Crippen LogP contribution is -2.51. The molecule has 2 N–H and O–H groups in total. The minimum absolute atomic E-state index is 0. The number of likely N-dealkylation sites (N-methyl/N-ethyl adjacent to an activating group) is 1. The molecular formula is C18H27Cl2N3O3. The van der Waals surface area contributed by atoms with E-state index in [1.807, 2.05) is 18.7 Å². The van der Waals surface area contributed by atoms with Crippen LogP contribution >= 0.6 is 24.0 Å². The minimum Gasteiger partial charge on any atom is -0.480 e. The van der Waals surface area contributed by atoms with Gasteiger partial charge in [0.15, 0.2) is 0 Å². The average Bonchev–Trinajstić information content (AvgIpc) is 2.61. The van der Waals surface area contributed by atoms with Gasteiger partial charge >= 0.3 is 5.97 Å². The molecule has 1 unspecified atom stereocenters. The molecule has 0 radical (unpaired) electrons. The molecule has 1 heterocycles. The molecule has 1 aliphatic heterocycles. The van der Waals surface area contributed by atoms with Gasteiger partial charge in [0.1, 0.15) is 0 Å². The van der Waals surface area contributed by atoms with Crippen molar-refractivity contribution >= 4 is 41.6 Å². The van der Waals surface area contributed by atoms with Crippen LogP contribution in [-0.4, -0.2) is 65.0 Å². The average molecular weight is 404 g/mol. The van der Waals surface area contributed by atoms with Crippen LogP contribution in [0.5, 0.6) is 0 Å². The van der Waals surface area contributed by atoms with Gasteiger partial charge in [0.25, 0.3) is 0 Å². The van der Waals surface area contributed by atoms with Crippen LogP contribution in [0.25, 0.3) is 0 Å². The maximum atomic E-state index is 12.4. The van der Waals surface area contributed by atoms with E-state index in [0.717, 1.165) is 38.2 Å². The summed E-state index contributed by atoms with van der Waals surface area (Å²) in [6.45, 7) is 6.27. The van der Waals surface area contributed by atoms with Gasteiger partial charge in [-0.1, -0.05) is 18.5 Å². The molecule has 1 amide bonds. The summed E-state index contributed by atoms with van der Waals surface area (Å²) in [5.74, 6) is -0.835. The molecule has 1 atom stereocenters. The zero-order chi connectivity index (χ0) is 18.4. The third-order valence-corrected chi connectivity index (χ3v) is 5.05. The lowest BCUT2D eigenvalue weighted by Gasteiger charge is -2.39. The number of anilines is 1. The van der Waals surface area contributed by atoms with E-state index in [4.69, 9.17) is 16.7 Å². The van der Waals surface area contributed by atoms with E-state index >= 15 is 0 Å². The fraction of sp³-hybridized carbons (Fsp3) is 0.556. The van der Waals surface area contributed by atoms with Crippen molar-refractivity contribution in [1.29, 1.82) is 0 Å². The third kappa shape index (κ3) is 6.43. The van der Waals surface area contributed by atoms with E-state index in [0.29, 0.717) is 5.02 Å². The Morgan fingerprint density at radius 3 is 2.38 bits per heavy atom. The second-order valence-electron chi connectivity index (χ2n) is 6.40. The summed E-state index contributed by atoms with van der Waals surface area (Å²) in [6, 6.07) is 7.09. The van der Waals surface area contributed by atoms with Gasteiger partial charge < -0.3 is 10.4 Å². The SMILES string of the molecule is CCN(CC(=O)O)C1CCN(C(C)C(=O)Nc2ccc(Cl)cc2)CC1.Cl. The number of nitrogens with one attached hydrogen (secondary N) is 1. The van der Waals surface area contributed by atoms with Crippen molar-refractivity contribution in [3.8, 4) is 0 Å². The molecule has 1 aliphatic rings. The number of aliphatic carboxylic acids is 1. The molecule has 0 bridgehead atoms. The summed E-state index contributed by atoms with van der Waals surface area (Å²) in [6.07, 6.45) is 1.75. The Morgan fingerprint density at radius 1 is 1.31 bits per heavy atom. The number of halogens is 2. The van der Waals surface area contributed by atoms with E-state index in [1.165, 1.54) is 0 Å². The topological polar surface area (TPSA) is 72.9 Å². The number of hydrogen-bond acceptors (Lipinski definition) is 4. The van der Waals surface area contributed by atoms with Crippen LogP contribution in [0.2, 0.25) is 5.02 Å². The first-order chi connectivity index (χ1) is 11.9. The number of likely N-dealkylation sites (tertiary alicyclic amines) is 1. The first-order valence-electron chi connectivity index (χ1n) is 8.67. The highest BCUT2D eigenvalue weighted by molar-refractivity contribution is 6.30. The number of benzene rings is 1. The number of nitrogens with zero attached hydrogens (tertiary/aromatic N) is 2.